The van der Waals surface area contributed by atoms with Crippen LogP contribution >= 0.6 is 0 Å². The first-order valence-electron chi connectivity index (χ1n) is 8.10. The maximum Gasteiger partial charge on any atom is 0.262 e. The van der Waals surface area contributed by atoms with Crippen molar-refractivity contribution in [3.8, 4) is 0 Å². The van der Waals surface area contributed by atoms with Crippen LogP contribution < -0.4 is 10.7 Å². The van der Waals surface area contributed by atoms with Gasteiger partial charge in [-0.3, -0.25) is 9.78 Å². The first-order chi connectivity index (χ1) is 11.5. The lowest BCUT2D eigenvalue weighted by Crippen LogP contribution is -2.37. The summed E-state index contributed by atoms with van der Waals surface area (Å²) in [6.07, 6.45) is 2.21. The number of anilines is 1. The van der Waals surface area contributed by atoms with Crippen LogP contribution in [0.15, 0.2) is 41.5 Å². The monoisotopic (exact) mass is 324 g/mol. The van der Waals surface area contributed by atoms with Crippen LogP contribution in [0.4, 0.5) is 5.69 Å². The summed E-state index contributed by atoms with van der Waals surface area (Å²) < 4.78 is 0. The summed E-state index contributed by atoms with van der Waals surface area (Å²) in [6.45, 7) is 7.96. The number of amides is 1. The molecule has 0 spiro atoms. The quantitative estimate of drug-likeness (QED) is 0.632. The molecule has 2 aromatic rings. The Labute approximate surface area is 143 Å². The Kier molecular flexibility index (Phi) is 6.07. The molecular weight excluding hydrogens is 300 g/mol. The molecule has 0 aliphatic rings. The molecule has 1 aromatic heterocycles. The third kappa shape index (κ3) is 4.91. The normalized spacial score (nSPS) is 12.2. The smallest absolute Gasteiger partial charge is 0.262 e. The fourth-order valence-electron chi connectivity index (χ4n) is 2.39. The number of aromatic nitrogens is 1. The number of hydrazone groups is 1. The molecule has 5 nitrogen and oxygen atoms in total. The standard InChI is InChI=1S/C19H24N4O/c1-5-17(22-18-10-9-13(2)11-14(18)3)19(24)23-20-12-16-8-6-7-15(4)21-16/h6-12,17,22H,5H2,1-4H3,(H,23,24)/b20-12+. The number of aryl methyl sites for hydroxylation is 3. The summed E-state index contributed by atoms with van der Waals surface area (Å²) in [5.41, 5.74) is 7.49. The summed E-state index contributed by atoms with van der Waals surface area (Å²) >= 11 is 0. The summed E-state index contributed by atoms with van der Waals surface area (Å²) in [7, 11) is 0. The van der Waals surface area contributed by atoms with Gasteiger partial charge >= 0.3 is 0 Å². The number of pyridine rings is 1. The predicted octanol–water partition coefficient (Wildman–Crippen LogP) is 3.35. The van der Waals surface area contributed by atoms with E-state index in [1.165, 1.54) is 5.56 Å². The fraction of sp³-hybridized carbons (Fsp3) is 0.316. The molecule has 0 aliphatic carbocycles. The summed E-state index contributed by atoms with van der Waals surface area (Å²) in [5.74, 6) is -0.165. The van der Waals surface area contributed by atoms with Crippen molar-refractivity contribution in [2.24, 2.45) is 5.10 Å². The van der Waals surface area contributed by atoms with E-state index in [2.05, 4.69) is 33.8 Å². The van der Waals surface area contributed by atoms with Crippen LogP contribution in [-0.2, 0) is 4.79 Å². The number of nitrogens with one attached hydrogen (secondary N) is 2. The van der Waals surface area contributed by atoms with Crippen LogP contribution in [0.5, 0.6) is 0 Å². The van der Waals surface area contributed by atoms with E-state index in [1.807, 2.05) is 51.1 Å². The Balaban J connectivity index is 1.98. The van der Waals surface area contributed by atoms with E-state index in [1.54, 1.807) is 6.21 Å². The number of hydrogen-bond donors (Lipinski definition) is 2. The van der Waals surface area contributed by atoms with Gasteiger partial charge in [-0.25, -0.2) is 5.43 Å². The van der Waals surface area contributed by atoms with Crippen molar-refractivity contribution in [3.63, 3.8) is 0 Å². The highest BCUT2D eigenvalue weighted by Gasteiger charge is 2.16. The molecule has 0 bridgehead atoms. The fourth-order valence-corrected chi connectivity index (χ4v) is 2.39. The first kappa shape index (κ1) is 17.7. The number of nitrogens with zero attached hydrogens (tertiary/aromatic N) is 2. The zero-order valence-corrected chi connectivity index (χ0v) is 14.6. The molecule has 1 unspecified atom stereocenters. The van der Waals surface area contributed by atoms with Gasteiger partial charge in [-0.1, -0.05) is 30.7 Å². The third-order valence-corrected chi connectivity index (χ3v) is 3.72. The highest BCUT2D eigenvalue weighted by Crippen LogP contribution is 2.17. The number of rotatable bonds is 6. The van der Waals surface area contributed by atoms with Crippen molar-refractivity contribution in [2.45, 2.75) is 40.2 Å². The highest BCUT2D eigenvalue weighted by atomic mass is 16.2. The van der Waals surface area contributed by atoms with Crippen LogP contribution in [0.1, 0.15) is 35.9 Å². The highest BCUT2D eigenvalue weighted by molar-refractivity contribution is 5.86. The molecular formula is C19H24N4O. The van der Waals surface area contributed by atoms with E-state index >= 15 is 0 Å². The lowest BCUT2D eigenvalue weighted by Gasteiger charge is -2.18. The Morgan fingerprint density at radius 1 is 1.25 bits per heavy atom. The lowest BCUT2D eigenvalue weighted by atomic mass is 10.1. The van der Waals surface area contributed by atoms with Crippen LogP contribution in [0.3, 0.4) is 0 Å². The van der Waals surface area contributed by atoms with Crippen LogP contribution in [0.2, 0.25) is 0 Å². The molecule has 2 rings (SSSR count). The molecule has 2 N–H and O–H groups in total. The van der Waals surface area contributed by atoms with Gasteiger partial charge in [0.2, 0.25) is 0 Å². The van der Waals surface area contributed by atoms with Crippen molar-refractivity contribution in [1.29, 1.82) is 0 Å². The topological polar surface area (TPSA) is 66.4 Å². The van der Waals surface area contributed by atoms with E-state index in [9.17, 15) is 4.79 Å². The molecule has 5 heteroatoms. The van der Waals surface area contributed by atoms with Gasteiger partial charge in [-0.2, -0.15) is 5.10 Å². The van der Waals surface area contributed by atoms with Crippen molar-refractivity contribution in [2.75, 3.05) is 5.32 Å². The predicted molar refractivity (Wildman–Crippen MR) is 98.3 cm³/mol. The molecule has 0 radical (unpaired) electrons. The van der Waals surface area contributed by atoms with Crippen LogP contribution in [0, 0.1) is 20.8 Å². The zero-order chi connectivity index (χ0) is 17.5. The molecule has 126 valence electrons. The molecule has 0 fully saturated rings. The van der Waals surface area contributed by atoms with Gasteiger partial charge in [0.05, 0.1) is 11.9 Å². The molecule has 1 amide bonds. The van der Waals surface area contributed by atoms with Gasteiger partial charge < -0.3 is 5.32 Å². The summed E-state index contributed by atoms with van der Waals surface area (Å²) in [5, 5.41) is 7.28. The van der Waals surface area contributed by atoms with Gasteiger partial charge in [0.15, 0.2) is 0 Å². The maximum absolute atomic E-state index is 12.3. The van der Waals surface area contributed by atoms with Gasteiger partial charge in [0, 0.05) is 11.4 Å². The van der Waals surface area contributed by atoms with Gasteiger partial charge in [0.25, 0.3) is 5.91 Å². The molecule has 1 aromatic carbocycles. The average molecular weight is 324 g/mol. The SMILES string of the molecule is CCC(Nc1ccc(C)cc1C)C(=O)N/N=C/c1cccc(C)n1. The van der Waals surface area contributed by atoms with E-state index in [0.717, 1.165) is 16.9 Å². The molecule has 0 saturated heterocycles. The average Bonchev–Trinajstić information content (AvgIpc) is 2.54. The largest absolute Gasteiger partial charge is 0.373 e. The Hall–Kier alpha value is -2.69. The Morgan fingerprint density at radius 2 is 2.04 bits per heavy atom. The molecule has 1 heterocycles. The van der Waals surface area contributed by atoms with Crippen molar-refractivity contribution in [1.82, 2.24) is 10.4 Å². The molecule has 0 aliphatic heterocycles. The minimum atomic E-state index is -0.339. The van der Waals surface area contributed by atoms with Crippen LogP contribution in [-0.4, -0.2) is 23.1 Å². The first-order valence-corrected chi connectivity index (χ1v) is 8.10. The van der Waals surface area contributed by atoms with E-state index in [-0.39, 0.29) is 11.9 Å². The number of carbonyl (C=O) groups excluding carboxylic acids is 1. The second-order valence-electron chi connectivity index (χ2n) is 5.86. The van der Waals surface area contributed by atoms with E-state index < -0.39 is 0 Å². The second-order valence-corrected chi connectivity index (χ2v) is 5.86. The van der Waals surface area contributed by atoms with Crippen molar-refractivity contribution < 1.29 is 4.79 Å². The number of carbonyl (C=O) groups is 1. The maximum atomic E-state index is 12.3. The Morgan fingerprint density at radius 3 is 2.71 bits per heavy atom. The third-order valence-electron chi connectivity index (χ3n) is 3.72. The van der Waals surface area contributed by atoms with Gasteiger partial charge in [-0.15, -0.1) is 0 Å². The summed E-state index contributed by atoms with van der Waals surface area (Å²) in [4.78, 5) is 16.6. The van der Waals surface area contributed by atoms with E-state index in [0.29, 0.717) is 12.1 Å². The van der Waals surface area contributed by atoms with Crippen LogP contribution in [0.25, 0.3) is 0 Å². The second kappa shape index (κ2) is 8.24. The number of benzene rings is 1. The molecule has 24 heavy (non-hydrogen) atoms. The summed E-state index contributed by atoms with van der Waals surface area (Å²) in [6, 6.07) is 11.4. The minimum absolute atomic E-state index is 0.165. The molecule has 0 saturated carbocycles. The zero-order valence-electron chi connectivity index (χ0n) is 14.6. The number of hydrogen-bond acceptors (Lipinski definition) is 4. The van der Waals surface area contributed by atoms with E-state index in [4.69, 9.17) is 0 Å². The van der Waals surface area contributed by atoms with Crippen molar-refractivity contribution in [3.05, 3.63) is 58.9 Å². The van der Waals surface area contributed by atoms with Gasteiger partial charge in [0.1, 0.15) is 6.04 Å². The lowest BCUT2D eigenvalue weighted by molar-refractivity contribution is -0.121. The minimum Gasteiger partial charge on any atom is -0.373 e. The van der Waals surface area contributed by atoms with Crippen molar-refractivity contribution >= 4 is 17.8 Å². The Bertz CT molecular complexity index is 740. The van der Waals surface area contributed by atoms with Gasteiger partial charge in [-0.05, 0) is 51.0 Å². The molecule has 1 atom stereocenters.